The van der Waals surface area contributed by atoms with Crippen LogP contribution >= 0.6 is 0 Å². The van der Waals surface area contributed by atoms with Gasteiger partial charge in [-0.15, -0.1) is 0 Å². The molecule has 15 heavy (non-hydrogen) atoms. The van der Waals surface area contributed by atoms with E-state index in [1.165, 1.54) is 6.07 Å². The molecule has 0 spiro atoms. The van der Waals surface area contributed by atoms with Crippen molar-refractivity contribution >= 4 is 0 Å². The van der Waals surface area contributed by atoms with Crippen LogP contribution in [0.15, 0.2) is 18.2 Å². The van der Waals surface area contributed by atoms with Crippen molar-refractivity contribution in [3.05, 3.63) is 35.1 Å². The van der Waals surface area contributed by atoms with Crippen LogP contribution in [0.1, 0.15) is 17.5 Å². The summed E-state index contributed by atoms with van der Waals surface area (Å²) in [6.07, 6.45) is -4.26. The van der Waals surface area contributed by atoms with Gasteiger partial charge in [-0.3, -0.25) is 0 Å². The molecule has 0 saturated carbocycles. The largest absolute Gasteiger partial charge is 0.419 e. The van der Waals surface area contributed by atoms with E-state index < -0.39 is 17.6 Å². The first-order chi connectivity index (χ1) is 6.95. The van der Waals surface area contributed by atoms with Crippen LogP contribution in [0.4, 0.5) is 17.6 Å². The first-order valence-corrected chi connectivity index (χ1v) is 4.17. The maximum atomic E-state index is 13.0. The molecule has 1 aromatic rings. The Hall–Kier alpha value is -1.57. The summed E-state index contributed by atoms with van der Waals surface area (Å²) < 4.78 is 49.4. The van der Waals surface area contributed by atoms with E-state index in [-0.39, 0.29) is 12.8 Å². The summed E-state index contributed by atoms with van der Waals surface area (Å²) in [5.41, 5.74) is -0.884. The molecule has 1 aromatic carbocycles. The van der Waals surface area contributed by atoms with Crippen molar-refractivity contribution in [2.45, 2.75) is 19.0 Å². The van der Waals surface area contributed by atoms with Gasteiger partial charge in [-0.1, -0.05) is 6.07 Å². The lowest BCUT2D eigenvalue weighted by Gasteiger charge is -2.08. The second kappa shape index (κ2) is 4.30. The van der Waals surface area contributed by atoms with E-state index in [0.29, 0.717) is 11.6 Å². The minimum atomic E-state index is -4.67. The van der Waals surface area contributed by atoms with Crippen LogP contribution in [0, 0.1) is 17.1 Å². The summed E-state index contributed by atoms with van der Waals surface area (Å²) in [4.78, 5) is 0. The Bertz CT molecular complexity index is 389. The number of hydrogen-bond donors (Lipinski definition) is 0. The second-order valence-corrected chi connectivity index (χ2v) is 2.97. The van der Waals surface area contributed by atoms with Crippen molar-refractivity contribution in [2.24, 2.45) is 0 Å². The van der Waals surface area contributed by atoms with Gasteiger partial charge < -0.3 is 0 Å². The van der Waals surface area contributed by atoms with Gasteiger partial charge in [-0.05, 0) is 24.1 Å². The smallest absolute Gasteiger partial charge is 0.206 e. The highest BCUT2D eigenvalue weighted by atomic mass is 19.4. The van der Waals surface area contributed by atoms with Gasteiger partial charge in [0.05, 0.1) is 11.6 Å². The van der Waals surface area contributed by atoms with Crippen LogP contribution in [0.25, 0.3) is 0 Å². The van der Waals surface area contributed by atoms with E-state index in [4.69, 9.17) is 5.26 Å². The summed E-state index contributed by atoms with van der Waals surface area (Å²) in [7, 11) is 0. The zero-order valence-electron chi connectivity index (χ0n) is 7.61. The van der Waals surface area contributed by atoms with Crippen molar-refractivity contribution in [1.29, 1.82) is 5.26 Å². The van der Waals surface area contributed by atoms with Gasteiger partial charge in [-0.2, -0.15) is 18.4 Å². The third-order valence-corrected chi connectivity index (χ3v) is 1.86. The van der Waals surface area contributed by atoms with E-state index in [9.17, 15) is 17.6 Å². The monoisotopic (exact) mass is 217 g/mol. The molecule has 0 aromatic heterocycles. The maximum absolute atomic E-state index is 13.0. The van der Waals surface area contributed by atoms with E-state index in [1.807, 2.05) is 6.07 Å². The lowest BCUT2D eigenvalue weighted by Crippen LogP contribution is -2.08. The number of nitriles is 1. The topological polar surface area (TPSA) is 23.8 Å². The lowest BCUT2D eigenvalue weighted by atomic mass is 10.1. The van der Waals surface area contributed by atoms with Gasteiger partial charge >= 0.3 is 6.18 Å². The number of benzene rings is 1. The minimum absolute atomic E-state index is 0.158. The molecule has 0 bridgehead atoms. The van der Waals surface area contributed by atoms with Gasteiger partial charge in [-0.25, -0.2) is 4.39 Å². The van der Waals surface area contributed by atoms with Crippen LogP contribution in [-0.4, -0.2) is 0 Å². The summed E-state index contributed by atoms with van der Waals surface area (Å²) in [6.45, 7) is 0. The maximum Gasteiger partial charge on any atom is 0.419 e. The predicted molar refractivity (Wildman–Crippen MR) is 45.3 cm³/mol. The van der Waals surface area contributed by atoms with E-state index in [0.717, 1.165) is 6.07 Å². The molecular formula is C10H7F4N. The molecule has 0 aliphatic rings. The Kier molecular flexibility index (Phi) is 3.30. The molecular weight excluding hydrogens is 210 g/mol. The Labute approximate surface area is 83.9 Å². The predicted octanol–water partition coefficient (Wildman–Crippen LogP) is 3.30. The molecule has 0 N–H and O–H groups in total. The lowest BCUT2D eigenvalue weighted by molar-refractivity contribution is -0.140. The summed E-state index contributed by atoms with van der Waals surface area (Å²) in [6, 6.07) is 4.54. The molecule has 0 heterocycles. The molecule has 0 aliphatic heterocycles. The first kappa shape index (κ1) is 11.5. The number of alkyl halides is 3. The van der Waals surface area contributed by atoms with Crippen LogP contribution in [-0.2, 0) is 12.6 Å². The highest BCUT2D eigenvalue weighted by Crippen LogP contribution is 2.31. The highest BCUT2D eigenvalue weighted by molar-refractivity contribution is 5.26. The quantitative estimate of drug-likeness (QED) is 0.697. The van der Waals surface area contributed by atoms with Crippen molar-refractivity contribution < 1.29 is 17.6 Å². The van der Waals surface area contributed by atoms with E-state index >= 15 is 0 Å². The van der Waals surface area contributed by atoms with E-state index in [2.05, 4.69) is 0 Å². The molecule has 0 unspecified atom stereocenters. The van der Waals surface area contributed by atoms with Gasteiger partial charge in [0.15, 0.2) is 0 Å². The fourth-order valence-corrected chi connectivity index (χ4v) is 1.14. The number of halogens is 4. The highest BCUT2D eigenvalue weighted by Gasteiger charge is 2.33. The zero-order chi connectivity index (χ0) is 11.5. The van der Waals surface area contributed by atoms with Crippen LogP contribution in [0.3, 0.4) is 0 Å². The Morgan fingerprint density at radius 3 is 2.40 bits per heavy atom. The fourth-order valence-electron chi connectivity index (χ4n) is 1.14. The van der Waals surface area contributed by atoms with Crippen LogP contribution in [0.5, 0.6) is 0 Å². The Morgan fingerprint density at radius 1 is 1.27 bits per heavy atom. The third-order valence-electron chi connectivity index (χ3n) is 1.86. The Morgan fingerprint density at radius 2 is 1.93 bits per heavy atom. The number of hydrogen-bond acceptors (Lipinski definition) is 1. The SMILES string of the molecule is N#CCCc1ccc(C(F)(F)F)c(F)c1. The van der Waals surface area contributed by atoms with Crippen molar-refractivity contribution in [2.75, 3.05) is 0 Å². The molecule has 0 amide bonds. The molecule has 0 radical (unpaired) electrons. The van der Waals surface area contributed by atoms with Gasteiger partial charge in [0.25, 0.3) is 0 Å². The van der Waals surface area contributed by atoms with Gasteiger partial charge in [0, 0.05) is 6.42 Å². The first-order valence-electron chi connectivity index (χ1n) is 4.17. The van der Waals surface area contributed by atoms with Crippen LogP contribution in [0.2, 0.25) is 0 Å². The van der Waals surface area contributed by atoms with Crippen molar-refractivity contribution in [3.8, 4) is 6.07 Å². The second-order valence-electron chi connectivity index (χ2n) is 2.97. The van der Waals surface area contributed by atoms with Crippen molar-refractivity contribution in [3.63, 3.8) is 0 Å². The summed E-state index contributed by atoms with van der Waals surface area (Å²) in [5, 5.41) is 8.26. The normalized spacial score (nSPS) is 11.1. The molecule has 1 rings (SSSR count). The zero-order valence-corrected chi connectivity index (χ0v) is 7.61. The Balaban J connectivity index is 2.94. The molecule has 0 saturated heterocycles. The van der Waals surface area contributed by atoms with Crippen LogP contribution < -0.4 is 0 Å². The summed E-state index contributed by atoms with van der Waals surface area (Å²) in [5.74, 6) is -1.29. The molecule has 80 valence electrons. The molecule has 5 heteroatoms. The van der Waals surface area contributed by atoms with Gasteiger partial charge in [0.2, 0.25) is 0 Å². The third kappa shape index (κ3) is 2.94. The molecule has 0 atom stereocenters. The molecule has 0 fully saturated rings. The molecule has 0 aliphatic carbocycles. The average molecular weight is 217 g/mol. The minimum Gasteiger partial charge on any atom is -0.206 e. The van der Waals surface area contributed by atoms with Gasteiger partial charge in [0.1, 0.15) is 5.82 Å². The number of aryl methyl sites for hydroxylation is 1. The standard InChI is InChI=1S/C10H7F4N/c11-9-6-7(2-1-5-15)3-4-8(9)10(12,13)14/h3-4,6H,1-2H2. The molecule has 1 nitrogen and oxygen atoms in total. The fraction of sp³-hybridized carbons (Fsp3) is 0.300. The number of rotatable bonds is 2. The average Bonchev–Trinajstić information content (AvgIpc) is 2.12. The number of nitrogens with zero attached hydrogens (tertiary/aromatic N) is 1. The van der Waals surface area contributed by atoms with E-state index in [1.54, 1.807) is 0 Å². The summed E-state index contributed by atoms with van der Waals surface area (Å²) >= 11 is 0. The van der Waals surface area contributed by atoms with Crippen molar-refractivity contribution in [1.82, 2.24) is 0 Å².